The van der Waals surface area contributed by atoms with Gasteiger partial charge in [-0.05, 0) is 59.7 Å². The number of carbonyl (C=O) groups is 1. The number of ketones is 1. The van der Waals surface area contributed by atoms with Crippen molar-refractivity contribution >= 4 is 32.7 Å². The molecule has 0 spiro atoms. The van der Waals surface area contributed by atoms with Gasteiger partial charge in [-0.3, -0.25) is 4.79 Å². The molecule has 1 aromatic carbocycles. The van der Waals surface area contributed by atoms with Crippen LogP contribution in [0.15, 0.2) is 33.2 Å². The van der Waals surface area contributed by atoms with Crippen molar-refractivity contribution in [3.05, 3.63) is 34.5 Å². The molecule has 0 radical (unpaired) electrons. The van der Waals surface area contributed by atoms with Crippen molar-refractivity contribution in [3.63, 3.8) is 0 Å². The summed E-state index contributed by atoms with van der Waals surface area (Å²) in [6.07, 6.45) is 5.61. The summed E-state index contributed by atoms with van der Waals surface area (Å²) in [5, 5.41) is 0.991. The maximum Gasteiger partial charge on any atom is 0.201 e. The number of carbonyl (C=O) groups excluding carboxylic acids is 1. The topological polar surface area (TPSA) is 30.2 Å². The van der Waals surface area contributed by atoms with Crippen LogP contribution in [0.25, 0.3) is 11.0 Å². The van der Waals surface area contributed by atoms with Gasteiger partial charge in [0.2, 0.25) is 5.78 Å². The van der Waals surface area contributed by atoms with Crippen molar-refractivity contribution in [2.75, 3.05) is 0 Å². The van der Waals surface area contributed by atoms with Crippen molar-refractivity contribution < 1.29 is 9.21 Å². The summed E-state index contributed by atoms with van der Waals surface area (Å²) in [5.41, 5.74) is 0.776. The van der Waals surface area contributed by atoms with Crippen LogP contribution in [0, 0.1) is 11.8 Å². The summed E-state index contributed by atoms with van der Waals surface area (Å²) in [6, 6.07) is 7.76. The van der Waals surface area contributed by atoms with Crippen molar-refractivity contribution in [3.8, 4) is 0 Å². The number of para-hydroxylation sites is 1. The molecule has 0 saturated heterocycles. The summed E-state index contributed by atoms with van der Waals surface area (Å²) in [7, 11) is 0. The van der Waals surface area contributed by atoms with Gasteiger partial charge in [-0.2, -0.15) is 0 Å². The van der Waals surface area contributed by atoms with Crippen LogP contribution in [0.1, 0.15) is 49.6 Å². The minimum absolute atomic E-state index is 0.150. The SMILES string of the molecule is CCC1CCC(C(=O)c2cc3cccc(Br)c3o2)CC1. The van der Waals surface area contributed by atoms with Crippen LogP contribution < -0.4 is 0 Å². The van der Waals surface area contributed by atoms with E-state index in [-0.39, 0.29) is 11.7 Å². The van der Waals surface area contributed by atoms with Crippen molar-refractivity contribution in [2.45, 2.75) is 39.0 Å². The first-order valence-corrected chi connectivity index (χ1v) is 8.20. The average molecular weight is 335 g/mol. The molecule has 106 valence electrons. The minimum atomic E-state index is 0.150. The molecule has 3 heteroatoms. The van der Waals surface area contributed by atoms with Crippen LogP contribution in [0.4, 0.5) is 0 Å². The number of hydrogen-bond donors (Lipinski definition) is 0. The predicted octanol–water partition coefficient (Wildman–Crippen LogP) is 5.59. The lowest BCUT2D eigenvalue weighted by Gasteiger charge is -2.26. The summed E-state index contributed by atoms with van der Waals surface area (Å²) in [4.78, 5) is 12.6. The van der Waals surface area contributed by atoms with Gasteiger partial charge in [0.1, 0.15) is 5.58 Å². The highest BCUT2D eigenvalue weighted by Crippen LogP contribution is 2.34. The van der Waals surface area contributed by atoms with Gasteiger partial charge in [-0.25, -0.2) is 0 Å². The fourth-order valence-electron chi connectivity index (χ4n) is 3.18. The first kappa shape index (κ1) is 13.9. The highest BCUT2D eigenvalue weighted by Gasteiger charge is 2.28. The normalized spacial score (nSPS) is 23.1. The standard InChI is InChI=1S/C17H19BrO2/c1-2-11-6-8-12(9-7-11)16(19)15-10-13-4-3-5-14(18)17(13)20-15/h3-5,10-12H,2,6-9H2,1H3. The molecular weight excluding hydrogens is 316 g/mol. The Balaban J connectivity index is 1.81. The molecule has 0 N–H and O–H groups in total. The van der Waals surface area contributed by atoms with Gasteiger partial charge in [0.05, 0.1) is 4.47 Å². The van der Waals surface area contributed by atoms with Gasteiger partial charge in [-0.15, -0.1) is 0 Å². The van der Waals surface area contributed by atoms with Crippen LogP contribution in [0.3, 0.4) is 0 Å². The lowest BCUT2D eigenvalue weighted by molar-refractivity contribution is 0.0844. The fraction of sp³-hybridized carbons (Fsp3) is 0.471. The number of rotatable bonds is 3. The largest absolute Gasteiger partial charge is 0.452 e. The molecule has 0 unspecified atom stereocenters. The molecule has 0 bridgehead atoms. The van der Waals surface area contributed by atoms with Crippen molar-refractivity contribution in [1.82, 2.24) is 0 Å². The minimum Gasteiger partial charge on any atom is -0.452 e. The maximum atomic E-state index is 12.6. The number of furan rings is 1. The Labute approximate surface area is 127 Å². The molecule has 0 aliphatic heterocycles. The van der Waals surface area contributed by atoms with Crippen LogP contribution >= 0.6 is 15.9 Å². The zero-order chi connectivity index (χ0) is 14.1. The van der Waals surface area contributed by atoms with Crippen molar-refractivity contribution in [2.24, 2.45) is 11.8 Å². The van der Waals surface area contributed by atoms with Crippen LogP contribution in [0.2, 0.25) is 0 Å². The molecule has 2 aromatic rings. The first-order chi connectivity index (χ1) is 9.69. The fourth-order valence-corrected chi connectivity index (χ4v) is 3.65. The monoisotopic (exact) mass is 334 g/mol. The smallest absolute Gasteiger partial charge is 0.201 e. The zero-order valence-electron chi connectivity index (χ0n) is 11.7. The Morgan fingerprint density at radius 2 is 2.05 bits per heavy atom. The Morgan fingerprint density at radius 1 is 1.30 bits per heavy atom. The van der Waals surface area contributed by atoms with E-state index < -0.39 is 0 Å². The summed E-state index contributed by atoms with van der Waals surface area (Å²) in [6.45, 7) is 2.24. The van der Waals surface area contributed by atoms with E-state index in [4.69, 9.17) is 4.42 Å². The molecule has 1 aliphatic carbocycles. The Kier molecular flexibility index (Phi) is 3.97. The molecule has 1 saturated carbocycles. The number of fused-ring (bicyclic) bond motifs is 1. The van der Waals surface area contributed by atoms with Gasteiger partial charge >= 0.3 is 0 Å². The molecular formula is C17H19BrO2. The first-order valence-electron chi connectivity index (χ1n) is 7.41. The highest BCUT2D eigenvalue weighted by molar-refractivity contribution is 9.10. The Morgan fingerprint density at radius 3 is 2.70 bits per heavy atom. The van der Waals surface area contributed by atoms with E-state index in [1.54, 1.807) is 0 Å². The van der Waals surface area contributed by atoms with E-state index in [0.717, 1.165) is 34.2 Å². The number of Topliss-reactive ketones (excluding diaryl/α,β-unsaturated/α-hetero) is 1. The maximum absolute atomic E-state index is 12.6. The summed E-state index contributed by atoms with van der Waals surface area (Å²) >= 11 is 3.47. The number of benzene rings is 1. The third-order valence-electron chi connectivity index (χ3n) is 4.53. The number of halogens is 1. The van der Waals surface area contributed by atoms with Crippen LogP contribution in [-0.2, 0) is 0 Å². The molecule has 1 heterocycles. The summed E-state index contributed by atoms with van der Waals surface area (Å²) in [5.74, 6) is 1.66. The Hall–Kier alpha value is -1.09. The molecule has 1 fully saturated rings. The molecule has 20 heavy (non-hydrogen) atoms. The van der Waals surface area contributed by atoms with E-state index in [2.05, 4.69) is 22.9 Å². The molecule has 2 nitrogen and oxygen atoms in total. The highest BCUT2D eigenvalue weighted by atomic mass is 79.9. The summed E-state index contributed by atoms with van der Waals surface area (Å²) < 4.78 is 6.68. The van der Waals surface area contributed by atoms with Gasteiger partial charge < -0.3 is 4.42 Å². The number of hydrogen-bond acceptors (Lipinski definition) is 2. The second-order valence-corrected chi connectivity index (χ2v) is 6.61. The molecule has 1 aromatic heterocycles. The Bertz CT molecular complexity index is 621. The van der Waals surface area contributed by atoms with E-state index in [0.29, 0.717) is 5.76 Å². The molecule has 0 amide bonds. The molecule has 3 rings (SSSR count). The zero-order valence-corrected chi connectivity index (χ0v) is 13.3. The van der Waals surface area contributed by atoms with Gasteiger partial charge in [0, 0.05) is 11.3 Å². The molecule has 0 atom stereocenters. The predicted molar refractivity (Wildman–Crippen MR) is 84.0 cm³/mol. The lowest BCUT2D eigenvalue weighted by atomic mass is 9.78. The van der Waals surface area contributed by atoms with Crippen LogP contribution in [-0.4, -0.2) is 5.78 Å². The van der Waals surface area contributed by atoms with E-state index >= 15 is 0 Å². The van der Waals surface area contributed by atoms with E-state index in [1.807, 2.05) is 24.3 Å². The van der Waals surface area contributed by atoms with Crippen molar-refractivity contribution in [1.29, 1.82) is 0 Å². The third kappa shape index (κ3) is 2.56. The van der Waals surface area contributed by atoms with Gasteiger partial charge in [-0.1, -0.05) is 25.5 Å². The lowest BCUT2D eigenvalue weighted by Crippen LogP contribution is -2.21. The van der Waals surface area contributed by atoms with Gasteiger partial charge in [0.15, 0.2) is 5.76 Å². The quantitative estimate of drug-likeness (QED) is 0.684. The van der Waals surface area contributed by atoms with Crippen LogP contribution in [0.5, 0.6) is 0 Å². The second kappa shape index (κ2) is 5.72. The van der Waals surface area contributed by atoms with E-state index in [9.17, 15) is 4.79 Å². The average Bonchev–Trinajstić information content (AvgIpc) is 2.92. The second-order valence-electron chi connectivity index (χ2n) is 5.76. The van der Waals surface area contributed by atoms with Gasteiger partial charge in [0.25, 0.3) is 0 Å². The van der Waals surface area contributed by atoms with E-state index in [1.165, 1.54) is 19.3 Å². The third-order valence-corrected chi connectivity index (χ3v) is 5.16. The molecule has 1 aliphatic rings.